The predicted octanol–water partition coefficient (Wildman–Crippen LogP) is 2.11. The number of fused-ring (bicyclic) bond motifs is 1. The van der Waals surface area contributed by atoms with Crippen LogP contribution < -0.4 is 5.69 Å². The van der Waals surface area contributed by atoms with Crippen LogP contribution in [0.25, 0.3) is 10.9 Å². The molecular weight excluding hydrogens is 200 g/mol. The standard InChI is InChI=1S/C13H14N2O/c1-9-11-4-2-3-5-12(11)15(13(16)14-9)8-10-6-7-10/h2-5,10H,6-8H2,1H3. The third kappa shape index (κ3) is 1.52. The van der Waals surface area contributed by atoms with Crippen LogP contribution in [0.2, 0.25) is 0 Å². The van der Waals surface area contributed by atoms with Gasteiger partial charge in [0.25, 0.3) is 0 Å². The molecule has 3 heteroatoms. The number of rotatable bonds is 2. The van der Waals surface area contributed by atoms with Crippen LogP contribution in [0.3, 0.4) is 0 Å². The van der Waals surface area contributed by atoms with E-state index in [-0.39, 0.29) is 5.69 Å². The molecule has 0 bridgehead atoms. The van der Waals surface area contributed by atoms with Gasteiger partial charge in [0.15, 0.2) is 0 Å². The van der Waals surface area contributed by atoms with Gasteiger partial charge in [0.2, 0.25) is 0 Å². The van der Waals surface area contributed by atoms with Crippen LogP contribution in [0.5, 0.6) is 0 Å². The van der Waals surface area contributed by atoms with Gasteiger partial charge in [0.1, 0.15) is 0 Å². The van der Waals surface area contributed by atoms with E-state index in [1.54, 1.807) is 0 Å². The van der Waals surface area contributed by atoms with Gasteiger partial charge in [-0.25, -0.2) is 4.79 Å². The number of nitrogens with zero attached hydrogens (tertiary/aromatic N) is 2. The summed E-state index contributed by atoms with van der Waals surface area (Å²) >= 11 is 0. The molecule has 1 aliphatic rings. The molecule has 0 amide bonds. The number of hydrogen-bond acceptors (Lipinski definition) is 2. The second-order valence-corrected chi connectivity index (χ2v) is 4.55. The third-order valence-electron chi connectivity index (χ3n) is 3.22. The molecule has 0 aliphatic heterocycles. The van der Waals surface area contributed by atoms with E-state index >= 15 is 0 Å². The lowest BCUT2D eigenvalue weighted by Gasteiger charge is -2.09. The summed E-state index contributed by atoms with van der Waals surface area (Å²) in [5.41, 5.74) is 1.74. The minimum absolute atomic E-state index is 0.108. The van der Waals surface area contributed by atoms with Gasteiger partial charge < -0.3 is 0 Å². The zero-order valence-electron chi connectivity index (χ0n) is 9.31. The van der Waals surface area contributed by atoms with Gasteiger partial charge in [-0.15, -0.1) is 0 Å². The molecule has 1 aromatic carbocycles. The Morgan fingerprint density at radius 3 is 2.88 bits per heavy atom. The highest BCUT2D eigenvalue weighted by molar-refractivity contribution is 5.80. The Morgan fingerprint density at radius 2 is 2.12 bits per heavy atom. The topological polar surface area (TPSA) is 34.9 Å². The van der Waals surface area contributed by atoms with Crippen LogP contribution in [0, 0.1) is 12.8 Å². The first kappa shape index (κ1) is 9.58. The van der Waals surface area contributed by atoms with E-state index in [0.29, 0.717) is 5.92 Å². The van der Waals surface area contributed by atoms with E-state index in [1.807, 2.05) is 35.8 Å². The highest BCUT2D eigenvalue weighted by Gasteiger charge is 2.23. The molecular formula is C13H14N2O. The highest BCUT2D eigenvalue weighted by atomic mass is 16.1. The summed E-state index contributed by atoms with van der Waals surface area (Å²) in [5, 5.41) is 1.09. The van der Waals surface area contributed by atoms with Crippen LogP contribution in [0.15, 0.2) is 29.1 Å². The molecule has 0 N–H and O–H groups in total. The predicted molar refractivity (Wildman–Crippen MR) is 63.5 cm³/mol. The van der Waals surface area contributed by atoms with E-state index in [1.165, 1.54) is 12.8 Å². The van der Waals surface area contributed by atoms with Gasteiger partial charge in [-0.1, -0.05) is 18.2 Å². The first-order chi connectivity index (χ1) is 7.75. The number of hydrogen-bond donors (Lipinski definition) is 0. The average Bonchev–Trinajstić information content (AvgIpc) is 3.08. The molecule has 82 valence electrons. The summed E-state index contributed by atoms with van der Waals surface area (Å²) in [6.07, 6.45) is 2.49. The minimum atomic E-state index is -0.108. The summed E-state index contributed by atoms with van der Waals surface area (Å²) < 4.78 is 1.82. The van der Waals surface area contributed by atoms with Crippen molar-refractivity contribution in [2.24, 2.45) is 5.92 Å². The van der Waals surface area contributed by atoms with Crippen LogP contribution >= 0.6 is 0 Å². The Kier molecular flexibility index (Phi) is 2.06. The molecule has 3 rings (SSSR count). The molecule has 0 saturated heterocycles. The van der Waals surface area contributed by atoms with Crippen LogP contribution in [-0.2, 0) is 6.54 Å². The SMILES string of the molecule is Cc1nc(=O)n(CC2CC2)c2ccccc12. The van der Waals surface area contributed by atoms with Crippen molar-refractivity contribution in [1.29, 1.82) is 0 Å². The number of aromatic nitrogens is 2. The van der Waals surface area contributed by atoms with E-state index in [9.17, 15) is 4.79 Å². The third-order valence-corrected chi connectivity index (χ3v) is 3.22. The van der Waals surface area contributed by atoms with Gasteiger partial charge in [-0.3, -0.25) is 4.57 Å². The van der Waals surface area contributed by atoms with Crippen molar-refractivity contribution in [2.75, 3.05) is 0 Å². The molecule has 0 radical (unpaired) electrons. The van der Waals surface area contributed by atoms with Gasteiger partial charge in [-0.2, -0.15) is 4.98 Å². The summed E-state index contributed by atoms with van der Waals surface area (Å²) in [6.45, 7) is 2.72. The number of aryl methyl sites for hydroxylation is 1. The Bertz CT molecular complexity index is 596. The lowest BCUT2D eigenvalue weighted by Crippen LogP contribution is -2.25. The average molecular weight is 214 g/mol. The number of para-hydroxylation sites is 1. The summed E-state index contributed by atoms with van der Waals surface area (Å²) in [6, 6.07) is 8.00. The maximum absolute atomic E-state index is 11.9. The van der Waals surface area contributed by atoms with Crippen molar-refractivity contribution in [3.63, 3.8) is 0 Å². The molecule has 0 atom stereocenters. The quantitative estimate of drug-likeness (QED) is 0.767. The molecule has 1 heterocycles. The van der Waals surface area contributed by atoms with E-state index < -0.39 is 0 Å². The highest BCUT2D eigenvalue weighted by Crippen LogP contribution is 2.31. The molecule has 1 aromatic heterocycles. The Labute approximate surface area is 93.7 Å². The monoisotopic (exact) mass is 214 g/mol. The van der Waals surface area contributed by atoms with Gasteiger partial charge >= 0.3 is 5.69 Å². The van der Waals surface area contributed by atoms with Crippen molar-refractivity contribution in [3.8, 4) is 0 Å². The van der Waals surface area contributed by atoms with Crippen LogP contribution in [0.4, 0.5) is 0 Å². The largest absolute Gasteiger partial charge is 0.348 e. The molecule has 1 fully saturated rings. The summed E-state index contributed by atoms with van der Waals surface area (Å²) in [5.74, 6) is 0.686. The lowest BCUT2D eigenvalue weighted by atomic mass is 10.2. The molecule has 3 nitrogen and oxygen atoms in total. The maximum Gasteiger partial charge on any atom is 0.348 e. The molecule has 16 heavy (non-hydrogen) atoms. The molecule has 1 saturated carbocycles. The fourth-order valence-corrected chi connectivity index (χ4v) is 2.12. The molecule has 1 aliphatic carbocycles. The minimum Gasteiger partial charge on any atom is -0.292 e. The van der Waals surface area contributed by atoms with Crippen LogP contribution in [-0.4, -0.2) is 9.55 Å². The van der Waals surface area contributed by atoms with Crippen LogP contribution in [0.1, 0.15) is 18.5 Å². The normalized spacial score (nSPS) is 15.6. The maximum atomic E-state index is 11.9. The first-order valence-electron chi connectivity index (χ1n) is 5.72. The molecule has 2 aromatic rings. The second-order valence-electron chi connectivity index (χ2n) is 4.55. The summed E-state index contributed by atoms with van der Waals surface area (Å²) in [4.78, 5) is 16.0. The fourth-order valence-electron chi connectivity index (χ4n) is 2.12. The Morgan fingerprint density at radius 1 is 1.38 bits per heavy atom. The van der Waals surface area contributed by atoms with E-state index in [0.717, 1.165) is 23.1 Å². The van der Waals surface area contributed by atoms with E-state index in [4.69, 9.17) is 0 Å². The van der Waals surface area contributed by atoms with Crippen molar-refractivity contribution < 1.29 is 0 Å². The first-order valence-corrected chi connectivity index (χ1v) is 5.72. The zero-order valence-corrected chi connectivity index (χ0v) is 9.31. The molecule has 0 unspecified atom stereocenters. The van der Waals surface area contributed by atoms with E-state index in [2.05, 4.69) is 4.98 Å². The zero-order chi connectivity index (χ0) is 11.1. The van der Waals surface area contributed by atoms with Gasteiger partial charge in [0, 0.05) is 11.9 Å². The fraction of sp³-hybridized carbons (Fsp3) is 0.385. The second kappa shape index (κ2) is 3.44. The van der Waals surface area contributed by atoms with Gasteiger partial charge in [-0.05, 0) is 31.7 Å². The smallest absolute Gasteiger partial charge is 0.292 e. The van der Waals surface area contributed by atoms with Crippen molar-refractivity contribution in [1.82, 2.24) is 9.55 Å². The van der Waals surface area contributed by atoms with Gasteiger partial charge in [0.05, 0.1) is 11.2 Å². The lowest BCUT2D eigenvalue weighted by molar-refractivity contribution is 0.611. The molecule has 0 spiro atoms. The summed E-state index contributed by atoms with van der Waals surface area (Å²) in [7, 11) is 0. The Hall–Kier alpha value is -1.64. The van der Waals surface area contributed by atoms with Crippen molar-refractivity contribution >= 4 is 10.9 Å². The van der Waals surface area contributed by atoms with Crippen molar-refractivity contribution in [2.45, 2.75) is 26.3 Å². The van der Waals surface area contributed by atoms with Crippen molar-refractivity contribution in [3.05, 3.63) is 40.4 Å². The Balaban J connectivity index is 2.27. The number of benzene rings is 1.